The molecule has 0 radical (unpaired) electrons. The summed E-state index contributed by atoms with van der Waals surface area (Å²) in [6, 6.07) is 0. The van der Waals surface area contributed by atoms with Crippen molar-refractivity contribution >= 4 is 0 Å². The lowest BCUT2D eigenvalue weighted by molar-refractivity contribution is 0.517. The van der Waals surface area contributed by atoms with E-state index in [9.17, 15) is 0 Å². The predicted octanol–water partition coefficient (Wildman–Crippen LogP) is 3.18. The standard InChI is InChI=1S/C13H25N3/c1-7-8-16-11(9-10(2)3)12(14-15-16)13(4,5)6/h10H,7-9H2,1-6H3. The minimum atomic E-state index is 0.0935. The molecule has 1 aromatic rings. The highest BCUT2D eigenvalue weighted by Gasteiger charge is 2.24. The SMILES string of the molecule is CCCn1nnc(C(C)(C)C)c1CC(C)C. The summed E-state index contributed by atoms with van der Waals surface area (Å²) in [6.45, 7) is 14.3. The molecular weight excluding hydrogens is 198 g/mol. The molecule has 16 heavy (non-hydrogen) atoms. The van der Waals surface area contributed by atoms with Crippen molar-refractivity contribution in [2.45, 2.75) is 66.3 Å². The van der Waals surface area contributed by atoms with Gasteiger partial charge in [0, 0.05) is 12.0 Å². The fourth-order valence-corrected chi connectivity index (χ4v) is 1.90. The molecule has 1 aromatic heterocycles. The van der Waals surface area contributed by atoms with E-state index in [4.69, 9.17) is 0 Å². The van der Waals surface area contributed by atoms with E-state index in [2.05, 4.69) is 56.5 Å². The Kier molecular flexibility index (Phi) is 4.11. The number of nitrogens with zero attached hydrogens (tertiary/aromatic N) is 3. The lowest BCUT2D eigenvalue weighted by Crippen LogP contribution is -2.17. The van der Waals surface area contributed by atoms with E-state index in [1.165, 1.54) is 5.69 Å². The van der Waals surface area contributed by atoms with E-state index in [1.54, 1.807) is 0 Å². The first kappa shape index (κ1) is 13.2. The molecule has 0 aliphatic carbocycles. The van der Waals surface area contributed by atoms with Gasteiger partial charge in [-0.3, -0.25) is 0 Å². The Hall–Kier alpha value is -0.860. The molecule has 0 atom stereocenters. The average molecular weight is 223 g/mol. The first-order chi connectivity index (χ1) is 7.36. The van der Waals surface area contributed by atoms with Crippen molar-refractivity contribution in [2.24, 2.45) is 5.92 Å². The third-order valence-corrected chi connectivity index (χ3v) is 2.59. The lowest BCUT2D eigenvalue weighted by atomic mass is 9.88. The zero-order valence-corrected chi connectivity index (χ0v) is 11.5. The fourth-order valence-electron chi connectivity index (χ4n) is 1.90. The predicted molar refractivity (Wildman–Crippen MR) is 67.6 cm³/mol. The summed E-state index contributed by atoms with van der Waals surface area (Å²) in [5.74, 6) is 0.648. The van der Waals surface area contributed by atoms with Crippen molar-refractivity contribution in [3.8, 4) is 0 Å². The van der Waals surface area contributed by atoms with Crippen molar-refractivity contribution in [2.75, 3.05) is 0 Å². The van der Waals surface area contributed by atoms with Crippen LogP contribution in [-0.4, -0.2) is 15.0 Å². The van der Waals surface area contributed by atoms with Gasteiger partial charge in [0.2, 0.25) is 0 Å². The number of hydrogen-bond acceptors (Lipinski definition) is 2. The van der Waals surface area contributed by atoms with Gasteiger partial charge in [0.25, 0.3) is 0 Å². The second kappa shape index (κ2) is 4.98. The molecule has 0 aromatic carbocycles. The van der Waals surface area contributed by atoms with Gasteiger partial charge in [-0.2, -0.15) is 0 Å². The highest BCUT2D eigenvalue weighted by molar-refractivity contribution is 5.19. The first-order valence-corrected chi connectivity index (χ1v) is 6.29. The summed E-state index contributed by atoms with van der Waals surface area (Å²) < 4.78 is 2.08. The number of rotatable bonds is 4. The van der Waals surface area contributed by atoms with Gasteiger partial charge >= 0.3 is 0 Å². The molecule has 1 rings (SSSR count). The van der Waals surface area contributed by atoms with Gasteiger partial charge in [-0.1, -0.05) is 46.8 Å². The molecule has 0 aliphatic rings. The Bertz CT molecular complexity index is 331. The molecule has 0 aliphatic heterocycles. The quantitative estimate of drug-likeness (QED) is 0.785. The topological polar surface area (TPSA) is 30.7 Å². The third kappa shape index (κ3) is 3.06. The van der Waals surface area contributed by atoms with Gasteiger partial charge in [-0.25, -0.2) is 4.68 Å². The molecule has 0 saturated heterocycles. The molecule has 0 unspecified atom stereocenters. The lowest BCUT2D eigenvalue weighted by Gasteiger charge is -2.18. The van der Waals surface area contributed by atoms with Gasteiger partial charge in [0.05, 0.1) is 11.4 Å². The van der Waals surface area contributed by atoms with E-state index in [0.29, 0.717) is 5.92 Å². The van der Waals surface area contributed by atoms with E-state index in [0.717, 1.165) is 25.1 Å². The van der Waals surface area contributed by atoms with Crippen LogP contribution in [0.5, 0.6) is 0 Å². The average Bonchev–Trinajstić information content (AvgIpc) is 2.47. The maximum Gasteiger partial charge on any atom is 0.0912 e. The highest BCUT2D eigenvalue weighted by atomic mass is 15.4. The Morgan fingerprint density at radius 3 is 2.31 bits per heavy atom. The largest absolute Gasteiger partial charge is 0.249 e. The Morgan fingerprint density at radius 2 is 1.88 bits per heavy atom. The molecule has 0 bridgehead atoms. The molecule has 0 saturated carbocycles. The van der Waals surface area contributed by atoms with Crippen LogP contribution in [0.2, 0.25) is 0 Å². The maximum atomic E-state index is 4.37. The monoisotopic (exact) mass is 223 g/mol. The summed E-state index contributed by atoms with van der Waals surface area (Å²) in [7, 11) is 0. The fraction of sp³-hybridized carbons (Fsp3) is 0.846. The van der Waals surface area contributed by atoms with Gasteiger partial charge in [0.15, 0.2) is 0 Å². The van der Waals surface area contributed by atoms with E-state index in [-0.39, 0.29) is 5.41 Å². The number of aryl methyl sites for hydroxylation is 1. The summed E-state index contributed by atoms with van der Waals surface area (Å²) in [5.41, 5.74) is 2.58. The minimum absolute atomic E-state index is 0.0935. The Balaban J connectivity index is 3.09. The number of hydrogen-bond donors (Lipinski definition) is 0. The minimum Gasteiger partial charge on any atom is -0.249 e. The molecule has 0 spiro atoms. The van der Waals surface area contributed by atoms with E-state index >= 15 is 0 Å². The molecular formula is C13H25N3. The molecule has 0 fully saturated rings. The molecule has 3 heteroatoms. The van der Waals surface area contributed by atoms with Crippen molar-refractivity contribution in [3.63, 3.8) is 0 Å². The zero-order chi connectivity index (χ0) is 12.3. The normalized spacial score (nSPS) is 12.4. The molecule has 0 N–H and O–H groups in total. The van der Waals surface area contributed by atoms with Gasteiger partial charge < -0.3 is 0 Å². The van der Waals surface area contributed by atoms with Crippen LogP contribution in [0.15, 0.2) is 0 Å². The van der Waals surface area contributed by atoms with Gasteiger partial charge in [-0.05, 0) is 18.8 Å². The van der Waals surface area contributed by atoms with Crippen LogP contribution in [0, 0.1) is 5.92 Å². The van der Waals surface area contributed by atoms with Crippen molar-refractivity contribution in [3.05, 3.63) is 11.4 Å². The summed E-state index contributed by atoms with van der Waals surface area (Å²) in [5, 5.41) is 8.66. The van der Waals surface area contributed by atoms with Crippen molar-refractivity contribution < 1.29 is 0 Å². The van der Waals surface area contributed by atoms with Crippen LogP contribution in [0.25, 0.3) is 0 Å². The second-order valence-corrected chi connectivity index (χ2v) is 5.96. The van der Waals surface area contributed by atoms with E-state index < -0.39 is 0 Å². The zero-order valence-electron chi connectivity index (χ0n) is 11.5. The molecule has 92 valence electrons. The van der Waals surface area contributed by atoms with Crippen molar-refractivity contribution in [1.82, 2.24) is 15.0 Å². The smallest absolute Gasteiger partial charge is 0.0912 e. The molecule has 0 amide bonds. The van der Waals surface area contributed by atoms with Crippen LogP contribution < -0.4 is 0 Å². The van der Waals surface area contributed by atoms with Crippen LogP contribution in [0.3, 0.4) is 0 Å². The number of aromatic nitrogens is 3. The van der Waals surface area contributed by atoms with Crippen molar-refractivity contribution in [1.29, 1.82) is 0 Å². The van der Waals surface area contributed by atoms with Gasteiger partial charge in [0.1, 0.15) is 0 Å². The molecule has 3 nitrogen and oxygen atoms in total. The van der Waals surface area contributed by atoms with E-state index in [1.807, 2.05) is 0 Å². The van der Waals surface area contributed by atoms with Crippen LogP contribution in [0.1, 0.15) is 59.4 Å². The Labute approximate surface area is 99.2 Å². The summed E-state index contributed by atoms with van der Waals surface area (Å²) in [6.07, 6.45) is 2.18. The first-order valence-electron chi connectivity index (χ1n) is 6.29. The second-order valence-electron chi connectivity index (χ2n) is 5.96. The third-order valence-electron chi connectivity index (χ3n) is 2.59. The highest BCUT2D eigenvalue weighted by Crippen LogP contribution is 2.25. The van der Waals surface area contributed by atoms with Gasteiger partial charge in [-0.15, -0.1) is 5.10 Å². The Morgan fingerprint density at radius 1 is 1.25 bits per heavy atom. The maximum absolute atomic E-state index is 4.37. The van der Waals surface area contributed by atoms with Crippen LogP contribution in [0.4, 0.5) is 0 Å². The van der Waals surface area contributed by atoms with Crippen LogP contribution in [-0.2, 0) is 18.4 Å². The van der Waals surface area contributed by atoms with Crippen LogP contribution >= 0.6 is 0 Å². The summed E-state index contributed by atoms with van der Waals surface area (Å²) >= 11 is 0. The molecule has 1 heterocycles. The summed E-state index contributed by atoms with van der Waals surface area (Å²) in [4.78, 5) is 0.